The molecule has 5 N–H and O–H groups in total. The summed E-state index contributed by atoms with van der Waals surface area (Å²) in [6.45, 7) is 2.34. The van der Waals surface area contributed by atoms with Crippen LogP contribution in [0.15, 0.2) is 17.2 Å². The van der Waals surface area contributed by atoms with E-state index in [0.29, 0.717) is 6.54 Å². The maximum absolute atomic E-state index is 11.7. The maximum atomic E-state index is 11.7. The van der Waals surface area contributed by atoms with Crippen molar-refractivity contribution in [1.82, 2.24) is 15.1 Å². The van der Waals surface area contributed by atoms with Gasteiger partial charge in [0.15, 0.2) is 0 Å². The Bertz CT molecular complexity index is 480. The lowest BCUT2D eigenvalue weighted by Gasteiger charge is -2.02. The third-order valence-electron chi connectivity index (χ3n) is 2.16. The summed E-state index contributed by atoms with van der Waals surface area (Å²) >= 11 is 0. The van der Waals surface area contributed by atoms with Gasteiger partial charge in [-0.2, -0.15) is 0 Å². The van der Waals surface area contributed by atoms with Crippen LogP contribution in [0.1, 0.15) is 30.3 Å². The molecule has 0 aliphatic rings. The number of amides is 1. The van der Waals surface area contributed by atoms with Crippen LogP contribution in [0.25, 0.3) is 0 Å². The number of rotatable bonds is 6. The van der Waals surface area contributed by atoms with E-state index in [1.165, 1.54) is 12.3 Å². The Hall–Kier alpha value is -1.38. The fraction of sp³-hybridized carbons (Fsp3) is 0.444. The quantitative estimate of drug-likeness (QED) is 0.243. The number of carbonyl (C=O) groups is 1. The molecule has 0 saturated heterocycles. The maximum Gasteiger partial charge on any atom is 0.281 e. The van der Waals surface area contributed by atoms with E-state index in [1.807, 2.05) is 12.3 Å². The minimum absolute atomic E-state index is 0.0206. The summed E-state index contributed by atoms with van der Waals surface area (Å²) in [4.78, 5) is 13.7. The van der Waals surface area contributed by atoms with Crippen molar-refractivity contribution in [3.05, 3.63) is 18.0 Å². The molecule has 0 aromatic carbocycles. The second-order valence-corrected chi connectivity index (χ2v) is 5.24. The molecule has 7 nitrogen and oxygen atoms in total. The second kappa shape index (κ2) is 5.80. The van der Waals surface area contributed by atoms with Gasteiger partial charge in [-0.3, -0.25) is 10.2 Å². The van der Waals surface area contributed by atoms with Gasteiger partial charge in [0.05, 0.1) is 0 Å². The van der Waals surface area contributed by atoms with Gasteiger partial charge in [0, 0.05) is 12.7 Å². The van der Waals surface area contributed by atoms with Crippen LogP contribution in [-0.4, -0.2) is 25.9 Å². The Labute approximate surface area is 99.8 Å². The van der Waals surface area contributed by atoms with Crippen LogP contribution < -0.4 is 16.0 Å². The molecule has 0 unspecified atom stereocenters. The number of sulfonamides is 1. The molecule has 96 valence electrons. The van der Waals surface area contributed by atoms with E-state index in [0.717, 1.165) is 12.8 Å². The van der Waals surface area contributed by atoms with E-state index in [9.17, 15) is 13.2 Å². The predicted octanol–water partition coefficient (Wildman–Crippen LogP) is -0.303. The van der Waals surface area contributed by atoms with Crippen LogP contribution in [0.2, 0.25) is 0 Å². The van der Waals surface area contributed by atoms with Crippen molar-refractivity contribution in [3.63, 3.8) is 0 Å². The van der Waals surface area contributed by atoms with Crippen LogP contribution >= 0.6 is 0 Å². The first-order valence-electron chi connectivity index (χ1n) is 5.20. The van der Waals surface area contributed by atoms with Crippen molar-refractivity contribution in [2.75, 3.05) is 6.54 Å². The zero-order valence-corrected chi connectivity index (χ0v) is 10.3. The number of aromatic nitrogens is 1. The summed E-state index contributed by atoms with van der Waals surface area (Å²) in [5, 5.41) is 0. The van der Waals surface area contributed by atoms with Crippen LogP contribution in [0.3, 0.4) is 0 Å². The molecular weight excluding hydrogens is 244 g/mol. The lowest BCUT2D eigenvalue weighted by molar-refractivity contribution is 0.0949. The van der Waals surface area contributed by atoms with Crippen LogP contribution in [-0.2, 0) is 10.0 Å². The minimum atomic E-state index is -3.56. The highest BCUT2D eigenvalue weighted by molar-refractivity contribution is 7.89. The Balaban J connectivity index is 2.78. The molecule has 1 heterocycles. The van der Waals surface area contributed by atoms with Crippen molar-refractivity contribution in [3.8, 4) is 0 Å². The van der Waals surface area contributed by atoms with Crippen LogP contribution in [0, 0.1) is 0 Å². The third-order valence-corrected chi connectivity index (χ3v) is 3.61. The molecule has 8 heteroatoms. The standard InChI is InChI=1S/C9H16N4O3S/c1-2-3-4-12-17(15,16)7-5-8(11-6-7)9(14)13-10/h5-6,11-12H,2-4,10H2,1H3,(H,13,14). The van der Waals surface area contributed by atoms with Gasteiger partial charge in [0.25, 0.3) is 5.91 Å². The number of nitrogens with one attached hydrogen (secondary N) is 3. The summed E-state index contributed by atoms with van der Waals surface area (Å²) in [5.74, 6) is 4.37. The number of aromatic amines is 1. The molecule has 1 amide bonds. The fourth-order valence-electron chi connectivity index (χ4n) is 1.21. The topological polar surface area (TPSA) is 117 Å². The van der Waals surface area contributed by atoms with Gasteiger partial charge >= 0.3 is 0 Å². The zero-order valence-electron chi connectivity index (χ0n) is 9.49. The Morgan fingerprint density at radius 3 is 2.82 bits per heavy atom. The van der Waals surface area contributed by atoms with E-state index in [1.54, 1.807) is 0 Å². The number of unbranched alkanes of at least 4 members (excludes halogenated alkanes) is 1. The molecule has 0 radical (unpaired) electrons. The lowest BCUT2D eigenvalue weighted by Crippen LogP contribution is -2.30. The van der Waals surface area contributed by atoms with Crippen LogP contribution in [0.5, 0.6) is 0 Å². The van der Waals surface area contributed by atoms with Crippen molar-refractivity contribution in [1.29, 1.82) is 0 Å². The highest BCUT2D eigenvalue weighted by Crippen LogP contribution is 2.10. The molecule has 0 aliphatic carbocycles. The average molecular weight is 260 g/mol. The molecule has 0 fully saturated rings. The minimum Gasteiger partial charge on any atom is -0.356 e. The molecule has 1 aromatic rings. The van der Waals surface area contributed by atoms with Crippen molar-refractivity contribution >= 4 is 15.9 Å². The fourth-order valence-corrected chi connectivity index (χ4v) is 2.27. The lowest BCUT2D eigenvalue weighted by atomic mass is 10.3. The largest absolute Gasteiger partial charge is 0.356 e. The van der Waals surface area contributed by atoms with E-state index in [4.69, 9.17) is 5.84 Å². The highest BCUT2D eigenvalue weighted by atomic mass is 32.2. The first-order chi connectivity index (χ1) is 8.01. The Morgan fingerprint density at radius 1 is 1.53 bits per heavy atom. The number of nitrogens with two attached hydrogens (primary N) is 1. The van der Waals surface area contributed by atoms with Gasteiger partial charge in [-0.25, -0.2) is 19.0 Å². The van der Waals surface area contributed by atoms with Crippen molar-refractivity contribution < 1.29 is 13.2 Å². The summed E-state index contributed by atoms with van der Waals surface area (Å²) in [6, 6.07) is 1.23. The zero-order chi connectivity index (χ0) is 12.9. The highest BCUT2D eigenvalue weighted by Gasteiger charge is 2.17. The number of carbonyl (C=O) groups excluding carboxylic acids is 1. The normalized spacial score (nSPS) is 11.4. The summed E-state index contributed by atoms with van der Waals surface area (Å²) < 4.78 is 25.9. The van der Waals surface area contributed by atoms with Gasteiger partial charge in [-0.1, -0.05) is 13.3 Å². The first kappa shape index (κ1) is 13.7. The average Bonchev–Trinajstić information content (AvgIpc) is 2.78. The van der Waals surface area contributed by atoms with Crippen molar-refractivity contribution in [2.24, 2.45) is 5.84 Å². The van der Waals surface area contributed by atoms with Crippen LogP contribution in [0.4, 0.5) is 0 Å². The number of H-pyrrole nitrogens is 1. The summed E-state index contributed by atoms with van der Waals surface area (Å²) in [6.07, 6.45) is 2.91. The van der Waals surface area contributed by atoms with Gasteiger partial charge in [-0.15, -0.1) is 0 Å². The molecular formula is C9H16N4O3S. The van der Waals surface area contributed by atoms with Gasteiger partial charge in [0.2, 0.25) is 10.0 Å². The first-order valence-corrected chi connectivity index (χ1v) is 6.68. The van der Waals surface area contributed by atoms with Gasteiger partial charge < -0.3 is 4.98 Å². The van der Waals surface area contributed by atoms with E-state index >= 15 is 0 Å². The van der Waals surface area contributed by atoms with E-state index < -0.39 is 15.9 Å². The molecule has 1 rings (SSSR count). The monoisotopic (exact) mass is 260 g/mol. The summed E-state index contributed by atoms with van der Waals surface area (Å²) in [7, 11) is -3.56. The number of hydrogen-bond acceptors (Lipinski definition) is 4. The smallest absolute Gasteiger partial charge is 0.281 e. The van der Waals surface area contributed by atoms with Crippen molar-refractivity contribution in [2.45, 2.75) is 24.7 Å². The molecule has 17 heavy (non-hydrogen) atoms. The van der Waals surface area contributed by atoms with Gasteiger partial charge in [0.1, 0.15) is 10.6 Å². The SMILES string of the molecule is CCCCNS(=O)(=O)c1c[nH]c(C(=O)NN)c1. The molecule has 0 aliphatic heterocycles. The molecule has 0 saturated carbocycles. The molecule has 0 bridgehead atoms. The van der Waals surface area contributed by atoms with E-state index in [-0.39, 0.29) is 10.6 Å². The predicted molar refractivity (Wildman–Crippen MR) is 62.5 cm³/mol. The molecule has 0 spiro atoms. The Morgan fingerprint density at radius 2 is 2.24 bits per heavy atom. The van der Waals surface area contributed by atoms with E-state index in [2.05, 4.69) is 9.71 Å². The number of hydrogen-bond donors (Lipinski definition) is 4. The third kappa shape index (κ3) is 3.55. The van der Waals surface area contributed by atoms with Gasteiger partial charge in [-0.05, 0) is 12.5 Å². The molecule has 1 aromatic heterocycles. The number of nitrogen functional groups attached to an aromatic ring is 1. The number of hydrazine groups is 1. The Kier molecular flexibility index (Phi) is 4.67. The second-order valence-electron chi connectivity index (χ2n) is 3.47. The summed E-state index contributed by atoms with van der Waals surface area (Å²) in [5.41, 5.74) is 2.01. The molecule has 0 atom stereocenters.